The Balaban J connectivity index is 2.71. The molecule has 0 atom stereocenters. The molecule has 0 radical (unpaired) electrons. The van der Waals surface area contributed by atoms with Crippen molar-refractivity contribution < 1.29 is 32.3 Å². The van der Waals surface area contributed by atoms with Crippen LogP contribution in [-0.2, 0) is 14.3 Å². The van der Waals surface area contributed by atoms with Gasteiger partial charge >= 0.3 is 12.2 Å². The molecule has 0 unspecified atom stereocenters. The molecule has 1 fully saturated rings. The lowest BCUT2D eigenvalue weighted by atomic mass is 9.78. The Labute approximate surface area is 119 Å². The summed E-state index contributed by atoms with van der Waals surface area (Å²) in [5.74, 6) is -1.37. The van der Waals surface area contributed by atoms with Crippen LogP contribution in [0.25, 0.3) is 0 Å². The summed E-state index contributed by atoms with van der Waals surface area (Å²) in [7, 11) is 0. The van der Waals surface area contributed by atoms with Crippen LogP contribution in [-0.4, -0.2) is 48.7 Å². The molecule has 0 aromatic heterocycles. The minimum absolute atomic E-state index is 0.196. The van der Waals surface area contributed by atoms with E-state index in [1.807, 2.05) is 0 Å². The van der Waals surface area contributed by atoms with Crippen molar-refractivity contribution in [3.63, 3.8) is 0 Å². The molecule has 1 aliphatic heterocycles. The molecule has 0 aliphatic carbocycles. The quantitative estimate of drug-likeness (QED) is 0.595. The second-order valence-corrected chi connectivity index (χ2v) is 4.67. The van der Waals surface area contributed by atoms with Crippen LogP contribution in [0, 0.1) is 5.41 Å². The Morgan fingerprint density at radius 2 is 1.76 bits per heavy atom. The molecule has 21 heavy (non-hydrogen) atoms. The van der Waals surface area contributed by atoms with Crippen LogP contribution in [0.2, 0.25) is 0 Å². The molecule has 9 heteroatoms. The van der Waals surface area contributed by atoms with Crippen molar-refractivity contribution >= 4 is 17.8 Å². The van der Waals surface area contributed by atoms with Gasteiger partial charge in [-0.2, -0.15) is 13.2 Å². The molecular formula is C12H17F3N2O4. The summed E-state index contributed by atoms with van der Waals surface area (Å²) in [6.07, 6.45) is -4.08. The third-order valence-electron chi connectivity index (χ3n) is 3.49. The van der Waals surface area contributed by atoms with Gasteiger partial charge in [0.2, 0.25) is 11.8 Å². The van der Waals surface area contributed by atoms with Crippen molar-refractivity contribution in [2.75, 3.05) is 19.8 Å². The second kappa shape index (κ2) is 6.42. The second-order valence-electron chi connectivity index (χ2n) is 4.67. The molecule has 0 saturated carbocycles. The van der Waals surface area contributed by atoms with Crippen molar-refractivity contribution in [2.45, 2.75) is 32.9 Å². The number of barbiturate groups is 1. The van der Waals surface area contributed by atoms with E-state index < -0.39 is 42.7 Å². The highest BCUT2D eigenvalue weighted by Crippen LogP contribution is 2.32. The van der Waals surface area contributed by atoms with Gasteiger partial charge in [-0.15, -0.1) is 0 Å². The van der Waals surface area contributed by atoms with Gasteiger partial charge in [0.25, 0.3) is 0 Å². The number of ether oxygens (including phenoxy) is 1. The molecule has 6 nitrogen and oxygen atoms in total. The highest BCUT2D eigenvalue weighted by Gasteiger charge is 2.51. The van der Waals surface area contributed by atoms with E-state index in [1.165, 1.54) is 0 Å². The number of rotatable bonds is 6. The van der Waals surface area contributed by atoms with Gasteiger partial charge < -0.3 is 4.74 Å². The highest BCUT2D eigenvalue weighted by atomic mass is 19.4. The van der Waals surface area contributed by atoms with E-state index in [2.05, 4.69) is 10.1 Å². The Bertz CT molecular complexity index is 433. The molecule has 120 valence electrons. The predicted octanol–water partition coefficient (Wildman–Crippen LogP) is 1.45. The number of imide groups is 2. The standard InChI is InChI=1S/C12H17F3N2O4/c1-3-11(4-2)8(18)16-10(20)17(9(11)19)5-6-21-7-12(13,14)15/h3-7H2,1-2H3,(H,16,18,20). The average molecular weight is 310 g/mol. The molecule has 0 aromatic carbocycles. The van der Waals surface area contributed by atoms with Gasteiger partial charge in [-0.1, -0.05) is 13.8 Å². The molecule has 0 bridgehead atoms. The molecule has 0 spiro atoms. The lowest BCUT2D eigenvalue weighted by Gasteiger charge is -2.38. The van der Waals surface area contributed by atoms with Crippen molar-refractivity contribution in [3.05, 3.63) is 0 Å². The molecule has 1 rings (SSSR count). The first-order valence-electron chi connectivity index (χ1n) is 6.49. The van der Waals surface area contributed by atoms with Gasteiger partial charge in [-0.05, 0) is 12.8 Å². The number of hydrogen-bond donors (Lipinski definition) is 1. The highest BCUT2D eigenvalue weighted by molar-refractivity contribution is 6.19. The Morgan fingerprint density at radius 1 is 1.19 bits per heavy atom. The van der Waals surface area contributed by atoms with E-state index in [-0.39, 0.29) is 19.4 Å². The summed E-state index contributed by atoms with van der Waals surface area (Å²) in [4.78, 5) is 36.5. The third kappa shape index (κ3) is 3.72. The molecule has 0 aromatic rings. The Hall–Kier alpha value is -1.64. The Kier molecular flexibility index (Phi) is 5.32. The molecular weight excluding hydrogens is 293 g/mol. The van der Waals surface area contributed by atoms with Crippen LogP contribution < -0.4 is 5.32 Å². The topological polar surface area (TPSA) is 75.7 Å². The number of alkyl halides is 3. The van der Waals surface area contributed by atoms with Crippen molar-refractivity contribution in [2.24, 2.45) is 5.41 Å². The first kappa shape index (κ1) is 17.4. The smallest absolute Gasteiger partial charge is 0.370 e. The van der Waals surface area contributed by atoms with Crippen molar-refractivity contribution in [1.82, 2.24) is 10.2 Å². The van der Waals surface area contributed by atoms with Crippen LogP contribution in [0.4, 0.5) is 18.0 Å². The van der Waals surface area contributed by atoms with Gasteiger partial charge in [0, 0.05) is 0 Å². The minimum Gasteiger partial charge on any atom is -0.370 e. The SMILES string of the molecule is CCC1(CC)C(=O)NC(=O)N(CCOCC(F)(F)F)C1=O. The molecule has 1 N–H and O–H groups in total. The number of carbonyl (C=O) groups excluding carboxylic acids is 3. The van der Waals surface area contributed by atoms with E-state index in [0.29, 0.717) is 0 Å². The van der Waals surface area contributed by atoms with E-state index in [1.54, 1.807) is 13.8 Å². The normalized spacial score (nSPS) is 18.9. The third-order valence-corrected chi connectivity index (χ3v) is 3.49. The molecule has 1 heterocycles. The van der Waals surface area contributed by atoms with Gasteiger partial charge in [-0.25, -0.2) is 4.79 Å². The zero-order chi connectivity index (χ0) is 16.3. The fraction of sp³-hybridized carbons (Fsp3) is 0.750. The average Bonchev–Trinajstić information content (AvgIpc) is 2.37. The van der Waals surface area contributed by atoms with Gasteiger partial charge in [0.1, 0.15) is 12.0 Å². The predicted molar refractivity (Wildman–Crippen MR) is 65.1 cm³/mol. The summed E-state index contributed by atoms with van der Waals surface area (Å²) in [5.41, 5.74) is -1.35. The summed E-state index contributed by atoms with van der Waals surface area (Å²) < 4.78 is 40.2. The lowest BCUT2D eigenvalue weighted by molar-refractivity contribution is -0.174. The lowest BCUT2D eigenvalue weighted by Crippen LogP contribution is -2.64. The van der Waals surface area contributed by atoms with Gasteiger partial charge in [0.15, 0.2) is 0 Å². The summed E-state index contributed by atoms with van der Waals surface area (Å²) >= 11 is 0. The monoisotopic (exact) mass is 310 g/mol. The number of hydrogen-bond acceptors (Lipinski definition) is 4. The number of amides is 4. The van der Waals surface area contributed by atoms with Crippen LogP contribution in [0.3, 0.4) is 0 Å². The first-order chi connectivity index (χ1) is 9.68. The number of urea groups is 1. The zero-order valence-corrected chi connectivity index (χ0v) is 11.7. The largest absolute Gasteiger partial charge is 0.411 e. The van der Waals surface area contributed by atoms with Crippen LogP contribution in [0.5, 0.6) is 0 Å². The number of carbonyl (C=O) groups is 3. The maximum absolute atomic E-state index is 12.3. The summed E-state index contributed by atoms with van der Waals surface area (Å²) in [5, 5.41) is 2.06. The molecule has 1 saturated heterocycles. The maximum atomic E-state index is 12.3. The van der Waals surface area contributed by atoms with E-state index in [0.717, 1.165) is 4.90 Å². The zero-order valence-electron chi connectivity index (χ0n) is 11.7. The van der Waals surface area contributed by atoms with Crippen molar-refractivity contribution in [3.8, 4) is 0 Å². The fourth-order valence-electron chi connectivity index (χ4n) is 2.15. The fourth-order valence-corrected chi connectivity index (χ4v) is 2.15. The first-order valence-corrected chi connectivity index (χ1v) is 6.49. The van der Waals surface area contributed by atoms with Gasteiger partial charge in [-0.3, -0.25) is 19.8 Å². The minimum atomic E-state index is -4.47. The Morgan fingerprint density at radius 3 is 2.24 bits per heavy atom. The van der Waals surface area contributed by atoms with E-state index in [9.17, 15) is 27.6 Å². The molecule has 1 aliphatic rings. The van der Waals surface area contributed by atoms with E-state index in [4.69, 9.17) is 0 Å². The van der Waals surface area contributed by atoms with Crippen LogP contribution >= 0.6 is 0 Å². The maximum Gasteiger partial charge on any atom is 0.411 e. The van der Waals surface area contributed by atoms with E-state index >= 15 is 0 Å². The molecule has 4 amide bonds. The van der Waals surface area contributed by atoms with Crippen molar-refractivity contribution in [1.29, 1.82) is 0 Å². The summed E-state index contributed by atoms with van der Waals surface area (Å²) in [6.45, 7) is 1.03. The van der Waals surface area contributed by atoms with Crippen LogP contribution in [0.1, 0.15) is 26.7 Å². The number of nitrogens with zero attached hydrogens (tertiary/aromatic N) is 1. The van der Waals surface area contributed by atoms with Gasteiger partial charge in [0.05, 0.1) is 13.2 Å². The number of nitrogens with one attached hydrogen (secondary N) is 1. The van der Waals surface area contributed by atoms with Crippen LogP contribution in [0.15, 0.2) is 0 Å². The summed E-state index contributed by atoms with van der Waals surface area (Å²) in [6, 6.07) is -0.932. The number of halogens is 3.